The fourth-order valence-corrected chi connectivity index (χ4v) is 2.83. The van der Waals surface area contributed by atoms with E-state index in [9.17, 15) is 0 Å². The minimum absolute atomic E-state index is 0.615. The molecule has 0 saturated heterocycles. The van der Waals surface area contributed by atoms with Crippen molar-refractivity contribution in [2.75, 3.05) is 11.9 Å². The quantitative estimate of drug-likeness (QED) is 0.586. The summed E-state index contributed by atoms with van der Waals surface area (Å²) in [6, 6.07) is 3.81. The molecular formula is C17H19N9. The van der Waals surface area contributed by atoms with Crippen LogP contribution in [0.3, 0.4) is 0 Å². The van der Waals surface area contributed by atoms with Gasteiger partial charge in [-0.15, -0.1) is 0 Å². The van der Waals surface area contributed by atoms with Gasteiger partial charge in [-0.05, 0) is 26.0 Å². The van der Waals surface area contributed by atoms with Gasteiger partial charge in [-0.3, -0.25) is 9.67 Å². The number of rotatable bonds is 5. The van der Waals surface area contributed by atoms with Gasteiger partial charge >= 0.3 is 0 Å². The average molecular weight is 349 g/mol. The first-order valence-electron chi connectivity index (χ1n) is 8.34. The van der Waals surface area contributed by atoms with Crippen molar-refractivity contribution in [3.8, 4) is 11.4 Å². The van der Waals surface area contributed by atoms with Crippen LogP contribution in [0.5, 0.6) is 0 Å². The van der Waals surface area contributed by atoms with Gasteiger partial charge in [0.15, 0.2) is 11.5 Å². The van der Waals surface area contributed by atoms with Gasteiger partial charge in [-0.25, -0.2) is 19.6 Å². The van der Waals surface area contributed by atoms with Crippen LogP contribution in [0.4, 0.5) is 5.82 Å². The molecule has 4 aromatic rings. The summed E-state index contributed by atoms with van der Waals surface area (Å²) in [5.41, 5.74) is 1.63. The number of anilines is 1. The Hall–Kier alpha value is -3.36. The third kappa shape index (κ3) is 2.99. The maximum atomic E-state index is 4.68. The highest BCUT2D eigenvalue weighted by molar-refractivity contribution is 5.88. The van der Waals surface area contributed by atoms with Gasteiger partial charge in [0, 0.05) is 31.5 Å². The van der Waals surface area contributed by atoms with Gasteiger partial charge in [0.25, 0.3) is 0 Å². The van der Waals surface area contributed by atoms with E-state index in [0.29, 0.717) is 18.9 Å². The Morgan fingerprint density at radius 2 is 2.00 bits per heavy atom. The molecule has 0 aliphatic heterocycles. The third-order valence-corrected chi connectivity index (χ3v) is 4.09. The zero-order valence-electron chi connectivity index (χ0n) is 14.9. The molecule has 1 N–H and O–H groups in total. The molecule has 4 rings (SSSR count). The summed E-state index contributed by atoms with van der Waals surface area (Å²) in [5, 5.41) is 13.0. The van der Waals surface area contributed by atoms with Crippen molar-refractivity contribution in [3.63, 3.8) is 0 Å². The lowest BCUT2D eigenvalue weighted by Gasteiger charge is -2.09. The van der Waals surface area contributed by atoms with Crippen LogP contribution >= 0.6 is 0 Å². The number of aryl methyl sites for hydroxylation is 3. The Balaban J connectivity index is 1.64. The second kappa shape index (κ2) is 6.51. The molecule has 0 atom stereocenters. The van der Waals surface area contributed by atoms with E-state index in [-0.39, 0.29) is 0 Å². The standard InChI is InChI=1S/C17H19N9/c1-11-21-12(2)26(24-11)8-7-19-16-14-10-20-25(3)17(14)23-15(22-16)13-5-4-6-18-9-13/h4-6,9-10H,7-8H2,1-3H3,(H,19,22,23). The molecule has 0 aliphatic carbocycles. The molecule has 4 aromatic heterocycles. The van der Waals surface area contributed by atoms with Gasteiger partial charge in [0.05, 0.1) is 18.1 Å². The molecule has 0 radical (unpaired) electrons. The molecule has 0 amide bonds. The maximum Gasteiger partial charge on any atom is 0.165 e. The lowest BCUT2D eigenvalue weighted by molar-refractivity contribution is 0.612. The highest BCUT2D eigenvalue weighted by atomic mass is 15.3. The van der Waals surface area contributed by atoms with Crippen molar-refractivity contribution in [3.05, 3.63) is 42.4 Å². The molecule has 0 unspecified atom stereocenters. The summed E-state index contributed by atoms with van der Waals surface area (Å²) in [6.07, 6.45) is 5.26. The molecule has 132 valence electrons. The summed E-state index contributed by atoms with van der Waals surface area (Å²) >= 11 is 0. The number of nitrogens with one attached hydrogen (secondary N) is 1. The van der Waals surface area contributed by atoms with Crippen LogP contribution in [-0.4, -0.2) is 46.0 Å². The molecule has 0 spiro atoms. The number of nitrogens with zero attached hydrogens (tertiary/aromatic N) is 8. The Labute approximate surface area is 150 Å². The van der Waals surface area contributed by atoms with E-state index in [2.05, 4.69) is 35.5 Å². The van der Waals surface area contributed by atoms with Gasteiger partial charge in [0.2, 0.25) is 0 Å². The number of hydrogen-bond acceptors (Lipinski definition) is 7. The highest BCUT2D eigenvalue weighted by Crippen LogP contribution is 2.24. The molecule has 0 bridgehead atoms. The highest BCUT2D eigenvalue weighted by Gasteiger charge is 2.13. The van der Waals surface area contributed by atoms with Crippen LogP contribution in [0, 0.1) is 13.8 Å². The van der Waals surface area contributed by atoms with Crippen LogP contribution in [-0.2, 0) is 13.6 Å². The molecule has 0 aliphatic rings. The molecule has 0 fully saturated rings. The van der Waals surface area contributed by atoms with Crippen LogP contribution in [0.15, 0.2) is 30.7 Å². The van der Waals surface area contributed by atoms with Crippen LogP contribution in [0.25, 0.3) is 22.4 Å². The van der Waals surface area contributed by atoms with Gasteiger partial charge < -0.3 is 5.32 Å². The van der Waals surface area contributed by atoms with E-state index in [1.165, 1.54) is 0 Å². The molecular weight excluding hydrogens is 330 g/mol. The van der Waals surface area contributed by atoms with Crippen molar-refractivity contribution in [1.29, 1.82) is 0 Å². The molecule has 0 aromatic carbocycles. The summed E-state index contributed by atoms with van der Waals surface area (Å²) in [7, 11) is 1.87. The second-order valence-corrected chi connectivity index (χ2v) is 6.00. The molecule has 26 heavy (non-hydrogen) atoms. The fourth-order valence-electron chi connectivity index (χ4n) is 2.83. The Morgan fingerprint density at radius 3 is 2.73 bits per heavy atom. The second-order valence-electron chi connectivity index (χ2n) is 6.00. The van der Waals surface area contributed by atoms with Crippen molar-refractivity contribution in [1.82, 2.24) is 39.5 Å². The first kappa shape index (κ1) is 16.1. The van der Waals surface area contributed by atoms with Crippen LogP contribution in [0.2, 0.25) is 0 Å². The fraction of sp³-hybridized carbons (Fsp3) is 0.294. The topological polar surface area (TPSA) is 99.2 Å². The third-order valence-electron chi connectivity index (χ3n) is 4.09. The zero-order valence-corrected chi connectivity index (χ0v) is 14.9. The van der Waals surface area contributed by atoms with Crippen molar-refractivity contribution < 1.29 is 0 Å². The van der Waals surface area contributed by atoms with Crippen molar-refractivity contribution >= 4 is 16.9 Å². The lowest BCUT2D eigenvalue weighted by atomic mass is 10.2. The monoisotopic (exact) mass is 349 g/mol. The number of fused-ring (bicyclic) bond motifs is 1. The SMILES string of the molecule is Cc1nc(C)n(CCNc2nc(-c3cccnc3)nc3c2cnn3C)n1. The first-order chi connectivity index (χ1) is 12.6. The van der Waals surface area contributed by atoms with E-state index in [1.807, 2.05) is 37.7 Å². The zero-order chi connectivity index (χ0) is 18.1. The average Bonchev–Trinajstić information content (AvgIpc) is 3.18. The van der Waals surface area contributed by atoms with E-state index in [0.717, 1.165) is 34.1 Å². The van der Waals surface area contributed by atoms with Crippen molar-refractivity contribution in [2.24, 2.45) is 7.05 Å². The van der Waals surface area contributed by atoms with Gasteiger partial charge in [0.1, 0.15) is 17.5 Å². The van der Waals surface area contributed by atoms with E-state index in [1.54, 1.807) is 23.3 Å². The minimum atomic E-state index is 0.615. The molecule has 0 saturated carbocycles. The van der Waals surface area contributed by atoms with Gasteiger partial charge in [-0.2, -0.15) is 10.2 Å². The predicted octanol–water partition coefficient (Wildman–Crippen LogP) is 1.75. The Kier molecular flexibility index (Phi) is 4.04. The smallest absolute Gasteiger partial charge is 0.165 e. The number of aromatic nitrogens is 8. The lowest BCUT2D eigenvalue weighted by Crippen LogP contribution is -2.14. The van der Waals surface area contributed by atoms with Gasteiger partial charge in [-0.1, -0.05) is 0 Å². The minimum Gasteiger partial charge on any atom is -0.367 e. The van der Waals surface area contributed by atoms with E-state index < -0.39 is 0 Å². The van der Waals surface area contributed by atoms with Crippen LogP contribution < -0.4 is 5.32 Å². The molecule has 4 heterocycles. The Bertz CT molecular complexity index is 1050. The number of pyridine rings is 1. The van der Waals surface area contributed by atoms with E-state index in [4.69, 9.17) is 0 Å². The van der Waals surface area contributed by atoms with Crippen LogP contribution in [0.1, 0.15) is 11.6 Å². The van der Waals surface area contributed by atoms with E-state index >= 15 is 0 Å². The molecule has 9 nitrogen and oxygen atoms in total. The maximum absolute atomic E-state index is 4.68. The summed E-state index contributed by atoms with van der Waals surface area (Å²) in [6.45, 7) is 5.20. The Morgan fingerprint density at radius 1 is 1.12 bits per heavy atom. The first-order valence-corrected chi connectivity index (χ1v) is 8.34. The molecule has 9 heteroatoms. The summed E-state index contributed by atoms with van der Waals surface area (Å²) in [4.78, 5) is 17.8. The number of hydrogen-bond donors (Lipinski definition) is 1. The summed E-state index contributed by atoms with van der Waals surface area (Å²) < 4.78 is 3.62. The summed E-state index contributed by atoms with van der Waals surface area (Å²) in [5.74, 6) is 3.04. The normalized spacial score (nSPS) is 11.2. The predicted molar refractivity (Wildman–Crippen MR) is 97.5 cm³/mol. The van der Waals surface area contributed by atoms with Crippen molar-refractivity contribution in [2.45, 2.75) is 20.4 Å². The largest absolute Gasteiger partial charge is 0.367 e.